The molecule has 8 heteroatoms. The van der Waals surface area contributed by atoms with Crippen molar-refractivity contribution in [1.29, 1.82) is 0 Å². The van der Waals surface area contributed by atoms with Crippen molar-refractivity contribution < 1.29 is 8.42 Å². The minimum atomic E-state index is -3.89. The molecule has 0 radical (unpaired) electrons. The molecule has 1 N–H and O–H groups in total. The maximum absolute atomic E-state index is 13.3. The Labute approximate surface area is 179 Å². The zero-order chi connectivity index (χ0) is 21.6. The molecule has 0 atom stereocenters. The number of sulfone groups is 1. The Morgan fingerprint density at radius 3 is 2.19 bits per heavy atom. The number of rotatable bonds is 4. The average Bonchev–Trinajstić information content (AvgIpc) is 3.21. The smallest absolute Gasteiger partial charge is 0.229 e. The summed E-state index contributed by atoms with van der Waals surface area (Å²) in [4.78, 5) is 4.79. The summed E-state index contributed by atoms with van der Waals surface area (Å²) >= 11 is 0. The number of fused-ring (bicyclic) bond motifs is 3. The first-order valence-corrected chi connectivity index (χ1v) is 11.2. The second-order valence-corrected chi connectivity index (χ2v) is 9.28. The van der Waals surface area contributed by atoms with Crippen LogP contribution in [0, 0.1) is 13.8 Å². The maximum atomic E-state index is 13.3. The second-order valence-electron chi connectivity index (χ2n) is 7.42. The highest BCUT2D eigenvalue weighted by atomic mass is 32.2. The summed E-state index contributed by atoms with van der Waals surface area (Å²) < 4.78 is 28.0. The van der Waals surface area contributed by atoms with Crippen molar-refractivity contribution in [2.45, 2.75) is 23.8 Å². The van der Waals surface area contributed by atoms with Gasteiger partial charge in [0, 0.05) is 11.1 Å². The Hall–Kier alpha value is -3.78. The molecule has 5 rings (SSSR count). The fourth-order valence-electron chi connectivity index (χ4n) is 3.42. The number of nitrogens with one attached hydrogen (secondary N) is 1. The van der Waals surface area contributed by atoms with E-state index in [4.69, 9.17) is 0 Å². The van der Waals surface area contributed by atoms with Crippen LogP contribution in [-0.2, 0) is 9.84 Å². The van der Waals surface area contributed by atoms with Gasteiger partial charge in [0.15, 0.2) is 5.65 Å². The molecule has 0 aliphatic rings. The van der Waals surface area contributed by atoms with Gasteiger partial charge in [0.1, 0.15) is 5.82 Å². The lowest BCUT2D eigenvalue weighted by molar-refractivity contribution is 0.592. The predicted molar refractivity (Wildman–Crippen MR) is 119 cm³/mol. The van der Waals surface area contributed by atoms with Gasteiger partial charge < -0.3 is 5.32 Å². The summed E-state index contributed by atoms with van der Waals surface area (Å²) in [5.41, 5.74) is 3.85. The first-order valence-electron chi connectivity index (χ1n) is 9.73. The molecule has 2 aromatic heterocycles. The minimum Gasteiger partial charge on any atom is -0.340 e. The van der Waals surface area contributed by atoms with E-state index in [-0.39, 0.29) is 15.6 Å². The summed E-state index contributed by atoms with van der Waals surface area (Å²) in [5, 5.41) is 12.1. The maximum Gasteiger partial charge on any atom is 0.229 e. The summed E-state index contributed by atoms with van der Waals surface area (Å²) in [6.07, 6.45) is 0. The van der Waals surface area contributed by atoms with Gasteiger partial charge in [-0.1, -0.05) is 52.7 Å². The Morgan fingerprint density at radius 1 is 0.839 bits per heavy atom. The molecule has 3 aromatic carbocycles. The van der Waals surface area contributed by atoms with Crippen LogP contribution in [0.2, 0.25) is 0 Å². The molecular formula is C23H19N5O2S. The van der Waals surface area contributed by atoms with Crippen LogP contribution >= 0.6 is 0 Å². The van der Waals surface area contributed by atoms with Crippen LogP contribution in [0.15, 0.2) is 82.7 Å². The van der Waals surface area contributed by atoms with Crippen LogP contribution in [0.5, 0.6) is 0 Å². The van der Waals surface area contributed by atoms with Crippen LogP contribution in [0.25, 0.3) is 16.6 Å². The minimum absolute atomic E-state index is 0.156. The van der Waals surface area contributed by atoms with E-state index in [2.05, 4.69) is 20.6 Å². The van der Waals surface area contributed by atoms with E-state index < -0.39 is 9.84 Å². The molecule has 0 spiro atoms. The van der Waals surface area contributed by atoms with Gasteiger partial charge in [0.05, 0.1) is 10.4 Å². The number of anilines is 2. The van der Waals surface area contributed by atoms with Crippen molar-refractivity contribution in [3.05, 3.63) is 83.9 Å². The van der Waals surface area contributed by atoms with E-state index in [1.807, 2.05) is 62.4 Å². The Kier molecular flexibility index (Phi) is 4.44. The monoisotopic (exact) mass is 429 g/mol. The van der Waals surface area contributed by atoms with Gasteiger partial charge >= 0.3 is 0 Å². The lowest BCUT2D eigenvalue weighted by atomic mass is 10.2. The molecule has 7 nitrogen and oxygen atoms in total. The van der Waals surface area contributed by atoms with Crippen molar-refractivity contribution in [3.63, 3.8) is 0 Å². The highest BCUT2D eigenvalue weighted by molar-refractivity contribution is 7.91. The molecular weight excluding hydrogens is 410 g/mol. The zero-order valence-electron chi connectivity index (χ0n) is 16.9. The summed E-state index contributed by atoms with van der Waals surface area (Å²) in [6.45, 7) is 3.92. The van der Waals surface area contributed by atoms with E-state index >= 15 is 0 Å². The molecule has 0 saturated heterocycles. The van der Waals surface area contributed by atoms with Crippen LogP contribution in [-0.4, -0.2) is 28.2 Å². The standard InChI is InChI=1S/C23H19N5O2S/c1-15-7-11-17(12-8-15)24-21-19-5-3-4-6-20(19)28-22(25-21)23(26-27-28)31(29,30)18-13-9-16(2)10-14-18/h3-14H,1-2H3,(H,24,25). The molecule has 0 aliphatic carbocycles. The van der Waals surface area contributed by atoms with Gasteiger partial charge in [-0.05, 0) is 50.2 Å². The fraction of sp³-hybridized carbons (Fsp3) is 0.0870. The largest absolute Gasteiger partial charge is 0.340 e. The molecule has 0 fully saturated rings. The Bertz CT molecular complexity index is 1520. The van der Waals surface area contributed by atoms with E-state index in [0.29, 0.717) is 11.3 Å². The highest BCUT2D eigenvalue weighted by Crippen LogP contribution is 2.29. The van der Waals surface area contributed by atoms with Gasteiger partial charge in [0.25, 0.3) is 0 Å². The average molecular weight is 430 g/mol. The van der Waals surface area contributed by atoms with Crippen LogP contribution in [0.3, 0.4) is 0 Å². The zero-order valence-corrected chi connectivity index (χ0v) is 17.8. The number of para-hydroxylation sites is 1. The molecule has 0 saturated carbocycles. The first kappa shape index (κ1) is 19.2. The first-order chi connectivity index (χ1) is 14.9. The normalized spacial score (nSPS) is 11.8. The Morgan fingerprint density at radius 2 is 1.48 bits per heavy atom. The number of hydrogen-bond acceptors (Lipinski definition) is 6. The fourth-order valence-corrected chi connectivity index (χ4v) is 4.65. The third-order valence-electron chi connectivity index (χ3n) is 5.12. The number of aromatic nitrogens is 4. The quantitative estimate of drug-likeness (QED) is 0.453. The number of aryl methyl sites for hydroxylation is 2. The van der Waals surface area contributed by atoms with Crippen molar-refractivity contribution >= 4 is 37.9 Å². The molecule has 5 aromatic rings. The summed E-state index contributed by atoms with van der Waals surface area (Å²) in [5.74, 6) is 0.537. The lowest BCUT2D eigenvalue weighted by Gasteiger charge is -2.11. The lowest BCUT2D eigenvalue weighted by Crippen LogP contribution is -2.05. The van der Waals surface area contributed by atoms with Crippen molar-refractivity contribution in [1.82, 2.24) is 19.8 Å². The second kappa shape index (κ2) is 7.17. The Balaban J connectivity index is 1.73. The third-order valence-corrected chi connectivity index (χ3v) is 6.79. The van der Waals surface area contributed by atoms with Gasteiger partial charge in [-0.25, -0.2) is 13.4 Å². The highest BCUT2D eigenvalue weighted by Gasteiger charge is 2.27. The molecule has 2 heterocycles. The van der Waals surface area contributed by atoms with Crippen molar-refractivity contribution in [2.24, 2.45) is 0 Å². The molecule has 0 amide bonds. The SMILES string of the molecule is Cc1ccc(Nc2nc3c(S(=O)(=O)c4ccc(C)cc4)nnn3c3ccccc23)cc1. The van der Waals surface area contributed by atoms with Crippen LogP contribution in [0.1, 0.15) is 11.1 Å². The molecule has 154 valence electrons. The summed E-state index contributed by atoms with van der Waals surface area (Å²) in [6, 6.07) is 22.1. The molecule has 0 unspecified atom stereocenters. The third kappa shape index (κ3) is 3.30. The van der Waals surface area contributed by atoms with E-state index in [1.165, 1.54) is 4.52 Å². The van der Waals surface area contributed by atoms with Gasteiger partial charge in [-0.3, -0.25) is 0 Å². The number of benzene rings is 3. The molecule has 31 heavy (non-hydrogen) atoms. The molecule has 0 bridgehead atoms. The van der Waals surface area contributed by atoms with Crippen molar-refractivity contribution in [2.75, 3.05) is 5.32 Å². The van der Waals surface area contributed by atoms with Crippen LogP contribution in [0.4, 0.5) is 11.5 Å². The summed E-state index contributed by atoms with van der Waals surface area (Å²) in [7, 11) is -3.89. The van der Waals surface area contributed by atoms with Gasteiger partial charge in [-0.15, -0.1) is 5.10 Å². The van der Waals surface area contributed by atoms with Crippen molar-refractivity contribution in [3.8, 4) is 0 Å². The van der Waals surface area contributed by atoms with E-state index in [9.17, 15) is 8.42 Å². The number of nitrogens with zero attached hydrogens (tertiary/aromatic N) is 4. The number of hydrogen-bond donors (Lipinski definition) is 1. The van der Waals surface area contributed by atoms with Gasteiger partial charge in [0.2, 0.25) is 14.9 Å². The van der Waals surface area contributed by atoms with E-state index in [0.717, 1.165) is 22.2 Å². The van der Waals surface area contributed by atoms with E-state index in [1.54, 1.807) is 24.3 Å². The topological polar surface area (TPSA) is 89.2 Å². The predicted octanol–water partition coefficient (Wildman–Crippen LogP) is 4.47. The van der Waals surface area contributed by atoms with Gasteiger partial charge in [-0.2, -0.15) is 4.52 Å². The molecule has 0 aliphatic heterocycles. The van der Waals surface area contributed by atoms with Crippen LogP contribution < -0.4 is 5.32 Å².